The molecular weight excluding hydrogens is 388 g/mol. The first-order valence-corrected chi connectivity index (χ1v) is 10.4. The van der Waals surface area contributed by atoms with Gasteiger partial charge in [-0.25, -0.2) is 8.42 Å². The summed E-state index contributed by atoms with van der Waals surface area (Å²) in [6.45, 7) is 1.79. The lowest BCUT2D eigenvalue weighted by Gasteiger charge is -2.19. The summed E-state index contributed by atoms with van der Waals surface area (Å²) in [7, 11) is -2.27. The van der Waals surface area contributed by atoms with Gasteiger partial charge in [0.05, 0.1) is 10.6 Å². The van der Waals surface area contributed by atoms with Gasteiger partial charge in [0.25, 0.3) is 15.9 Å². The quantitative estimate of drug-likeness (QED) is 0.642. The number of para-hydroxylation sites is 1. The highest BCUT2D eigenvalue weighted by Gasteiger charge is 2.21. The molecule has 0 bridgehead atoms. The lowest BCUT2D eigenvalue weighted by Crippen LogP contribution is -2.26. The molecule has 0 heterocycles. The second-order valence-corrected chi connectivity index (χ2v) is 8.46. The highest BCUT2D eigenvalue weighted by Crippen LogP contribution is 2.23. The molecule has 0 unspecified atom stereocenters. The number of rotatable bonds is 7. The van der Waals surface area contributed by atoms with Gasteiger partial charge in [0.15, 0.2) is 6.61 Å². The van der Waals surface area contributed by atoms with Crippen LogP contribution in [-0.2, 0) is 14.8 Å². The zero-order chi connectivity index (χ0) is 20.9. The van der Waals surface area contributed by atoms with Crippen LogP contribution in [0.1, 0.15) is 5.56 Å². The number of hydrogen-bond donors (Lipinski definition) is 1. The Morgan fingerprint density at radius 1 is 0.966 bits per heavy atom. The maximum Gasteiger partial charge on any atom is 0.264 e. The molecule has 0 aliphatic heterocycles. The van der Waals surface area contributed by atoms with Crippen molar-refractivity contribution in [2.45, 2.75) is 11.8 Å². The molecule has 0 radical (unpaired) electrons. The van der Waals surface area contributed by atoms with Gasteiger partial charge in [-0.05, 0) is 49.4 Å². The van der Waals surface area contributed by atoms with E-state index in [9.17, 15) is 13.2 Å². The van der Waals surface area contributed by atoms with Gasteiger partial charge in [-0.1, -0.05) is 42.0 Å². The van der Waals surface area contributed by atoms with E-state index in [1.165, 1.54) is 23.5 Å². The Morgan fingerprint density at radius 2 is 1.66 bits per heavy atom. The third-order valence-corrected chi connectivity index (χ3v) is 6.07. The van der Waals surface area contributed by atoms with Gasteiger partial charge < -0.3 is 10.1 Å². The third kappa shape index (κ3) is 5.14. The highest BCUT2D eigenvalue weighted by molar-refractivity contribution is 7.92. The first-order chi connectivity index (χ1) is 13.9. The van der Waals surface area contributed by atoms with Crippen LogP contribution >= 0.6 is 0 Å². The molecule has 1 N–H and O–H groups in total. The maximum atomic E-state index is 12.9. The molecule has 0 aromatic heterocycles. The van der Waals surface area contributed by atoms with Crippen molar-refractivity contribution in [1.82, 2.24) is 0 Å². The Kier molecular flexibility index (Phi) is 6.19. The van der Waals surface area contributed by atoms with Crippen LogP contribution in [0.3, 0.4) is 0 Å². The average molecular weight is 410 g/mol. The van der Waals surface area contributed by atoms with E-state index < -0.39 is 10.0 Å². The SMILES string of the molecule is Cc1ccc(OCC(=O)Nc2cccc(S(=O)(=O)N(C)c3ccccc3)c2)cc1. The van der Waals surface area contributed by atoms with Crippen molar-refractivity contribution in [3.05, 3.63) is 84.4 Å². The van der Waals surface area contributed by atoms with Crippen molar-refractivity contribution in [1.29, 1.82) is 0 Å². The predicted octanol–water partition coefficient (Wildman–Crippen LogP) is 3.84. The molecule has 0 fully saturated rings. The Labute approximate surface area is 170 Å². The summed E-state index contributed by atoms with van der Waals surface area (Å²) in [5.41, 5.74) is 2.03. The molecule has 7 heteroatoms. The number of carbonyl (C=O) groups is 1. The van der Waals surface area contributed by atoms with E-state index in [4.69, 9.17) is 4.74 Å². The fraction of sp³-hybridized carbons (Fsp3) is 0.136. The van der Waals surface area contributed by atoms with E-state index in [2.05, 4.69) is 5.32 Å². The Hall–Kier alpha value is -3.32. The number of sulfonamides is 1. The summed E-state index contributed by atoms with van der Waals surface area (Å²) in [4.78, 5) is 12.3. The average Bonchev–Trinajstić information content (AvgIpc) is 2.73. The van der Waals surface area contributed by atoms with E-state index in [0.29, 0.717) is 17.1 Å². The highest BCUT2D eigenvalue weighted by atomic mass is 32.2. The molecule has 6 nitrogen and oxygen atoms in total. The summed E-state index contributed by atoms with van der Waals surface area (Å²) in [6.07, 6.45) is 0. The topological polar surface area (TPSA) is 75.7 Å². The van der Waals surface area contributed by atoms with Crippen LogP contribution in [0.5, 0.6) is 5.75 Å². The summed E-state index contributed by atoms with van der Waals surface area (Å²) in [5.74, 6) is 0.211. The number of amides is 1. The summed E-state index contributed by atoms with van der Waals surface area (Å²) in [6, 6.07) is 22.3. The molecule has 3 aromatic carbocycles. The van der Waals surface area contributed by atoms with Gasteiger partial charge in [-0.2, -0.15) is 0 Å². The molecule has 150 valence electrons. The fourth-order valence-electron chi connectivity index (χ4n) is 2.65. The Bertz CT molecular complexity index is 1080. The normalized spacial score (nSPS) is 11.0. The molecule has 0 saturated heterocycles. The molecular formula is C22H22N2O4S. The molecule has 3 aromatic rings. The lowest BCUT2D eigenvalue weighted by atomic mass is 10.2. The minimum atomic E-state index is -3.76. The second-order valence-electron chi connectivity index (χ2n) is 6.49. The Morgan fingerprint density at radius 3 is 2.34 bits per heavy atom. The number of nitrogens with zero attached hydrogens (tertiary/aromatic N) is 1. The van der Waals surface area contributed by atoms with Gasteiger partial charge >= 0.3 is 0 Å². The van der Waals surface area contributed by atoms with Crippen molar-refractivity contribution in [2.75, 3.05) is 23.3 Å². The predicted molar refractivity (Wildman–Crippen MR) is 114 cm³/mol. The van der Waals surface area contributed by atoms with Gasteiger partial charge in [0.1, 0.15) is 5.75 Å². The van der Waals surface area contributed by atoms with Crippen LogP contribution in [-0.4, -0.2) is 28.0 Å². The van der Waals surface area contributed by atoms with E-state index in [-0.39, 0.29) is 17.4 Å². The van der Waals surface area contributed by atoms with E-state index in [0.717, 1.165) is 5.56 Å². The summed E-state index contributed by atoms with van der Waals surface area (Å²) < 4.78 is 32.4. The molecule has 1 amide bonds. The van der Waals surface area contributed by atoms with Crippen LogP contribution in [0.15, 0.2) is 83.8 Å². The molecule has 29 heavy (non-hydrogen) atoms. The monoisotopic (exact) mass is 410 g/mol. The van der Waals surface area contributed by atoms with Gasteiger partial charge in [-0.3, -0.25) is 9.10 Å². The number of nitrogens with one attached hydrogen (secondary N) is 1. The molecule has 0 spiro atoms. The van der Waals surface area contributed by atoms with Crippen LogP contribution in [0.2, 0.25) is 0 Å². The standard InChI is InChI=1S/C22H22N2O4S/c1-17-11-13-20(14-12-17)28-16-22(25)23-18-7-6-10-21(15-18)29(26,27)24(2)19-8-4-3-5-9-19/h3-15H,16H2,1-2H3,(H,23,25). The molecule has 0 atom stereocenters. The number of anilines is 2. The number of aryl methyl sites for hydroxylation is 1. The van der Waals surface area contributed by atoms with Crippen molar-refractivity contribution in [2.24, 2.45) is 0 Å². The van der Waals surface area contributed by atoms with Crippen molar-refractivity contribution < 1.29 is 17.9 Å². The number of carbonyl (C=O) groups excluding carboxylic acids is 1. The fourth-order valence-corrected chi connectivity index (χ4v) is 3.89. The minimum absolute atomic E-state index is 0.0844. The van der Waals surface area contributed by atoms with Gasteiger partial charge in [0.2, 0.25) is 0 Å². The van der Waals surface area contributed by atoms with Gasteiger partial charge in [-0.15, -0.1) is 0 Å². The van der Waals surface area contributed by atoms with E-state index in [1.807, 2.05) is 25.1 Å². The molecule has 0 aliphatic carbocycles. The number of hydrogen-bond acceptors (Lipinski definition) is 4. The minimum Gasteiger partial charge on any atom is -0.484 e. The first kappa shape index (κ1) is 20.4. The van der Waals surface area contributed by atoms with Crippen LogP contribution < -0.4 is 14.4 Å². The first-order valence-electron chi connectivity index (χ1n) is 8.99. The van der Waals surface area contributed by atoms with E-state index in [1.54, 1.807) is 48.5 Å². The lowest BCUT2D eigenvalue weighted by molar-refractivity contribution is -0.118. The number of benzene rings is 3. The Balaban J connectivity index is 1.68. The smallest absolute Gasteiger partial charge is 0.264 e. The van der Waals surface area contributed by atoms with Crippen LogP contribution in [0.25, 0.3) is 0 Å². The zero-order valence-corrected chi connectivity index (χ0v) is 17.0. The van der Waals surface area contributed by atoms with Crippen molar-refractivity contribution >= 4 is 27.3 Å². The maximum absolute atomic E-state index is 12.9. The van der Waals surface area contributed by atoms with Crippen molar-refractivity contribution in [3.63, 3.8) is 0 Å². The summed E-state index contributed by atoms with van der Waals surface area (Å²) in [5, 5.41) is 2.67. The molecule has 0 saturated carbocycles. The largest absolute Gasteiger partial charge is 0.484 e. The van der Waals surface area contributed by atoms with Gasteiger partial charge in [0, 0.05) is 12.7 Å². The second kappa shape index (κ2) is 8.79. The van der Waals surface area contributed by atoms with E-state index >= 15 is 0 Å². The zero-order valence-electron chi connectivity index (χ0n) is 16.2. The third-order valence-electron chi connectivity index (χ3n) is 4.29. The summed E-state index contributed by atoms with van der Waals surface area (Å²) >= 11 is 0. The van der Waals surface area contributed by atoms with Crippen molar-refractivity contribution in [3.8, 4) is 5.75 Å². The van der Waals surface area contributed by atoms with Crippen LogP contribution in [0, 0.1) is 6.92 Å². The van der Waals surface area contributed by atoms with Crippen LogP contribution in [0.4, 0.5) is 11.4 Å². The number of ether oxygens (including phenoxy) is 1. The molecule has 3 rings (SSSR count). The molecule has 0 aliphatic rings.